The molecule has 80 valence electrons. The van der Waals surface area contributed by atoms with E-state index in [1.165, 1.54) is 6.20 Å². The van der Waals surface area contributed by atoms with Gasteiger partial charge in [0.2, 0.25) is 11.8 Å². The number of hydrogen-bond acceptors (Lipinski definition) is 4. The van der Waals surface area contributed by atoms with Crippen molar-refractivity contribution in [2.75, 3.05) is 12.4 Å². The molecule has 0 bridgehead atoms. The first-order chi connectivity index (χ1) is 7.22. The van der Waals surface area contributed by atoms with Crippen LogP contribution in [0.2, 0.25) is 0 Å². The Morgan fingerprint density at radius 2 is 2.20 bits per heavy atom. The molecule has 1 rings (SSSR count). The van der Waals surface area contributed by atoms with Gasteiger partial charge in [-0.3, -0.25) is 20.0 Å². The maximum Gasteiger partial charge on any atom is 0.243 e. The van der Waals surface area contributed by atoms with Crippen molar-refractivity contribution in [2.24, 2.45) is 0 Å². The summed E-state index contributed by atoms with van der Waals surface area (Å²) in [6.45, 7) is 0. The highest BCUT2D eigenvalue weighted by molar-refractivity contribution is 6.03. The highest BCUT2D eigenvalue weighted by atomic mass is 16.2. The summed E-state index contributed by atoms with van der Waals surface area (Å²) in [5.74, 6) is -0.769. The van der Waals surface area contributed by atoms with E-state index >= 15 is 0 Å². The SMILES string of the molecule is CNNC(=O)CC(=O)Nc1cccnc1. The monoisotopic (exact) mass is 208 g/mol. The fraction of sp³-hybridized carbons (Fsp3) is 0.222. The molecule has 1 heterocycles. The first-order valence-corrected chi connectivity index (χ1v) is 4.38. The Bertz CT molecular complexity index is 339. The van der Waals surface area contributed by atoms with E-state index in [1.54, 1.807) is 25.4 Å². The van der Waals surface area contributed by atoms with Gasteiger partial charge in [-0.2, -0.15) is 0 Å². The zero-order valence-corrected chi connectivity index (χ0v) is 8.28. The molecule has 0 spiro atoms. The number of carbonyl (C=O) groups is 2. The fourth-order valence-electron chi connectivity index (χ4n) is 0.971. The lowest BCUT2D eigenvalue weighted by atomic mass is 10.3. The lowest BCUT2D eigenvalue weighted by Gasteiger charge is -2.04. The minimum atomic E-state index is -0.390. The highest BCUT2D eigenvalue weighted by Crippen LogP contribution is 2.02. The lowest BCUT2D eigenvalue weighted by Crippen LogP contribution is -2.36. The van der Waals surface area contributed by atoms with Crippen LogP contribution < -0.4 is 16.2 Å². The molecule has 0 atom stereocenters. The number of amides is 2. The number of hydrazine groups is 1. The van der Waals surface area contributed by atoms with E-state index in [0.717, 1.165) is 0 Å². The summed E-state index contributed by atoms with van der Waals surface area (Å²) in [5, 5.41) is 2.54. The Hall–Kier alpha value is -1.95. The number of aromatic nitrogens is 1. The first-order valence-electron chi connectivity index (χ1n) is 4.38. The average molecular weight is 208 g/mol. The van der Waals surface area contributed by atoms with Crippen molar-refractivity contribution < 1.29 is 9.59 Å². The molecule has 0 fully saturated rings. The molecule has 0 aliphatic heterocycles. The van der Waals surface area contributed by atoms with Crippen molar-refractivity contribution in [1.82, 2.24) is 15.8 Å². The van der Waals surface area contributed by atoms with Gasteiger partial charge in [0.15, 0.2) is 0 Å². The van der Waals surface area contributed by atoms with Crippen molar-refractivity contribution >= 4 is 17.5 Å². The Morgan fingerprint density at radius 1 is 1.40 bits per heavy atom. The second-order valence-electron chi connectivity index (χ2n) is 2.76. The van der Waals surface area contributed by atoms with E-state index in [1.807, 2.05) is 0 Å². The molecule has 2 amide bonds. The molecule has 1 aromatic rings. The van der Waals surface area contributed by atoms with Crippen LogP contribution in [0.1, 0.15) is 6.42 Å². The summed E-state index contributed by atoms with van der Waals surface area (Å²) in [6, 6.07) is 3.39. The molecule has 0 saturated heterocycles. The number of anilines is 1. The van der Waals surface area contributed by atoms with Crippen LogP contribution in [0.4, 0.5) is 5.69 Å². The van der Waals surface area contributed by atoms with E-state index in [0.29, 0.717) is 5.69 Å². The van der Waals surface area contributed by atoms with Gasteiger partial charge in [-0.1, -0.05) is 0 Å². The van der Waals surface area contributed by atoms with Crippen LogP contribution in [0, 0.1) is 0 Å². The van der Waals surface area contributed by atoms with Crippen molar-refractivity contribution in [2.45, 2.75) is 6.42 Å². The number of hydrogen-bond donors (Lipinski definition) is 3. The largest absolute Gasteiger partial charge is 0.324 e. The standard InChI is InChI=1S/C9H12N4O2/c1-10-13-9(15)5-8(14)12-7-3-2-4-11-6-7/h2-4,6,10H,5H2,1H3,(H,12,14)(H,13,15). The quantitative estimate of drug-likeness (QED) is 0.467. The predicted molar refractivity (Wildman–Crippen MR) is 54.7 cm³/mol. The minimum Gasteiger partial charge on any atom is -0.324 e. The summed E-state index contributed by atoms with van der Waals surface area (Å²) in [6.07, 6.45) is 2.88. The second kappa shape index (κ2) is 5.71. The van der Waals surface area contributed by atoms with Crippen LogP contribution >= 0.6 is 0 Å². The molecule has 3 N–H and O–H groups in total. The number of nitrogens with zero attached hydrogens (tertiary/aromatic N) is 1. The van der Waals surface area contributed by atoms with Crippen molar-refractivity contribution in [1.29, 1.82) is 0 Å². The Balaban J connectivity index is 2.40. The van der Waals surface area contributed by atoms with Crippen LogP contribution in [0.25, 0.3) is 0 Å². The van der Waals surface area contributed by atoms with Gasteiger partial charge >= 0.3 is 0 Å². The van der Waals surface area contributed by atoms with Gasteiger partial charge < -0.3 is 5.32 Å². The zero-order valence-electron chi connectivity index (χ0n) is 8.28. The van der Waals surface area contributed by atoms with E-state index in [2.05, 4.69) is 21.2 Å². The van der Waals surface area contributed by atoms with Gasteiger partial charge in [0.05, 0.1) is 11.9 Å². The molecule has 15 heavy (non-hydrogen) atoms. The summed E-state index contributed by atoms with van der Waals surface area (Å²) < 4.78 is 0. The lowest BCUT2D eigenvalue weighted by molar-refractivity contribution is -0.127. The van der Waals surface area contributed by atoms with E-state index in [4.69, 9.17) is 0 Å². The molecule has 0 aliphatic carbocycles. The molecule has 6 heteroatoms. The summed E-state index contributed by atoms with van der Waals surface area (Å²) in [4.78, 5) is 26.1. The Labute approximate surface area is 87.1 Å². The van der Waals surface area contributed by atoms with Crippen LogP contribution in [0.5, 0.6) is 0 Å². The van der Waals surface area contributed by atoms with Crippen LogP contribution in [-0.2, 0) is 9.59 Å². The number of carbonyl (C=O) groups excluding carboxylic acids is 2. The molecule has 0 aromatic carbocycles. The summed E-state index contributed by atoms with van der Waals surface area (Å²) in [5.41, 5.74) is 5.31. The zero-order chi connectivity index (χ0) is 11.1. The van der Waals surface area contributed by atoms with Gasteiger partial charge in [0.1, 0.15) is 6.42 Å². The summed E-state index contributed by atoms with van der Waals surface area (Å²) in [7, 11) is 1.55. The van der Waals surface area contributed by atoms with Gasteiger partial charge in [-0.05, 0) is 12.1 Å². The van der Waals surface area contributed by atoms with E-state index in [-0.39, 0.29) is 18.2 Å². The normalized spacial score (nSPS) is 9.40. The molecule has 1 aromatic heterocycles. The maximum absolute atomic E-state index is 11.3. The van der Waals surface area contributed by atoms with Gasteiger partial charge in [-0.15, -0.1) is 0 Å². The minimum absolute atomic E-state index is 0.226. The molecule has 6 nitrogen and oxygen atoms in total. The average Bonchev–Trinajstić information content (AvgIpc) is 2.19. The van der Waals surface area contributed by atoms with Crippen molar-refractivity contribution in [3.05, 3.63) is 24.5 Å². The smallest absolute Gasteiger partial charge is 0.243 e. The predicted octanol–water partition coefficient (Wildman–Crippen LogP) is -0.339. The van der Waals surface area contributed by atoms with Crippen molar-refractivity contribution in [3.63, 3.8) is 0 Å². The van der Waals surface area contributed by atoms with Crippen LogP contribution in [0.3, 0.4) is 0 Å². The fourth-order valence-corrected chi connectivity index (χ4v) is 0.971. The third-order valence-electron chi connectivity index (χ3n) is 1.53. The molecule has 0 saturated carbocycles. The molecule has 0 unspecified atom stereocenters. The molecule has 0 radical (unpaired) electrons. The van der Waals surface area contributed by atoms with Crippen molar-refractivity contribution in [3.8, 4) is 0 Å². The Morgan fingerprint density at radius 3 is 2.80 bits per heavy atom. The number of pyridine rings is 1. The molecule has 0 aliphatic rings. The molecular weight excluding hydrogens is 196 g/mol. The second-order valence-corrected chi connectivity index (χ2v) is 2.76. The highest BCUT2D eigenvalue weighted by Gasteiger charge is 2.08. The van der Waals surface area contributed by atoms with Gasteiger partial charge in [0.25, 0.3) is 0 Å². The molecular formula is C9H12N4O2. The van der Waals surface area contributed by atoms with Crippen LogP contribution in [0.15, 0.2) is 24.5 Å². The maximum atomic E-state index is 11.3. The van der Waals surface area contributed by atoms with E-state index < -0.39 is 0 Å². The third kappa shape index (κ3) is 4.19. The third-order valence-corrected chi connectivity index (χ3v) is 1.53. The van der Waals surface area contributed by atoms with E-state index in [9.17, 15) is 9.59 Å². The van der Waals surface area contributed by atoms with Gasteiger partial charge in [-0.25, -0.2) is 5.43 Å². The van der Waals surface area contributed by atoms with Crippen LogP contribution in [-0.4, -0.2) is 23.8 Å². The van der Waals surface area contributed by atoms with Gasteiger partial charge in [0, 0.05) is 13.2 Å². The number of nitrogens with one attached hydrogen (secondary N) is 3. The number of rotatable bonds is 4. The first kappa shape index (κ1) is 11.1. The summed E-state index contributed by atoms with van der Waals surface area (Å²) >= 11 is 0. The Kier molecular flexibility index (Phi) is 4.24. The topological polar surface area (TPSA) is 83.1 Å².